The molecule has 29 heavy (non-hydrogen) atoms. The van der Waals surface area contributed by atoms with Crippen molar-refractivity contribution >= 4 is 28.2 Å². The first kappa shape index (κ1) is 17.7. The Bertz CT molecular complexity index is 1140. The van der Waals surface area contributed by atoms with Gasteiger partial charge in [0.2, 0.25) is 0 Å². The SMILES string of the molecule is Cc1ccccc1-c1cc(N2CCNCC2)cc(Nc2n[nH]c3ccccc23)n1. The molecule has 6 heteroatoms. The molecular formula is C23H24N6. The second kappa shape index (κ2) is 7.56. The Balaban J connectivity index is 1.58. The van der Waals surface area contributed by atoms with Crippen LogP contribution in [0.3, 0.4) is 0 Å². The Hall–Kier alpha value is -3.38. The number of benzene rings is 2. The minimum Gasteiger partial charge on any atom is -0.369 e. The molecule has 3 N–H and O–H groups in total. The molecule has 1 saturated heterocycles. The maximum atomic E-state index is 4.93. The number of hydrogen-bond acceptors (Lipinski definition) is 5. The predicted molar refractivity (Wildman–Crippen MR) is 119 cm³/mol. The Kier molecular flexibility index (Phi) is 4.62. The third-order valence-corrected chi connectivity index (χ3v) is 5.43. The van der Waals surface area contributed by atoms with Crippen LogP contribution in [0.25, 0.3) is 22.2 Å². The number of para-hydroxylation sites is 1. The summed E-state index contributed by atoms with van der Waals surface area (Å²) in [6.45, 7) is 6.09. The molecule has 1 fully saturated rings. The Morgan fingerprint density at radius 2 is 1.76 bits per heavy atom. The van der Waals surface area contributed by atoms with Crippen molar-refractivity contribution in [2.45, 2.75) is 6.92 Å². The van der Waals surface area contributed by atoms with Gasteiger partial charge in [-0.15, -0.1) is 0 Å². The number of aryl methyl sites for hydroxylation is 1. The number of pyridine rings is 1. The van der Waals surface area contributed by atoms with Crippen molar-refractivity contribution in [3.63, 3.8) is 0 Å². The topological polar surface area (TPSA) is 68.9 Å². The smallest absolute Gasteiger partial charge is 0.161 e. The zero-order valence-electron chi connectivity index (χ0n) is 16.4. The number of anilines is 3. The molecule has 1 aliphatic heterocycles. The monoisotopic (exact) mass is 384 g/mol. The molecule has 6 nitrogen and oxygen atoms in total. The molecule has 0 saturated carbocycles. The first-order valence-electron chi connectivity index (χ1n) is 10.0. The van der Waals surface area contributed by atoms with E-state index < -0.39 is 0 Å². The lowest BCUT2D eigenvalue weighted by atomic mass is 10.0. The van der Waals surface area contributed by atoms with Crippen LogP contribution in [-0.4, -0.2) is 41.4 Å². The molecule has 0 radical (unpaired) electrons. The van der Waals surface area contributed by atoms with E-state index >= 15 is 0 Å². The van der Waals surface area contributed by atoms with Crippen molar-refractivity contribution in [1.29, 1.82) is 0 Å². The minimum atomic E-state index is 0.793. The molecular weight excluding hydrogens is 360 g/mol. The Labute approximate surface area is 170 Å². The molecule has 0 spiro atoms. The molecule has 5 rings (SSSR count). The maximum Gasteiger partial charge on any atom is 0.161 e. The predicted octanol–water partition coefficient (Wildman–Crippen LogP) is 4.09. The summed E-state index contributed by atoms with van der Waals surface area (Å²) in [7, 11) is 0. The summed E-state index contributed by atoms with van der Waals surface area (Å²) >= 11 is 0. The number of aromatic nitrogens is 3. The van der Waals surface area contributed by atoms with Gasteiger partial charge in [0.25, 0.3) is 0 Å². The molecule has 4 aromatic rings. The fourth-order valence-electron chi connectivity index (χ4n) is 3.86. The highest BCUT2D eigenvalue weighted by Crippen LogP contribution is 2.31. The van der Waals surface area contributed by atoms with Gasteiger partial charge in [-0.05, 0) is 30.7 Å². The van der Waals surface area contributed by atoms with E-state index in [1.54, 1.807) is 0 Å². The third kappa shape index (κ3) is 3.54. The van der Waals surface area contributed by atoms with E-state index in [2.05, 4.69) is 75.1 Å². The highest BCUT2D eigenvalue weighted by Gasteiger charge is 2.15. The van der Waals surface area contributed by atoms with Gasteiger partial charge < -0.3 is 15.5 Å². The molecule has 2 aromatic heterocycles. The second-order valence-electron chi connectivity index (χ2n) is 7.39. The summed E-state index contributed by atoms with van der Waals surface area (Å²) in [6.07, 6.45) is 0. The first-order chi connectivity index (χ1) is 14.3. The van der Waals surface area contributed by atoms with Crippen LogP contribution in [0.2, 0.25) is 0 Å². The number of nitrogens with one attached hydrogen (secondary N) is 3. The van der Waals surface area contributed by atoms with Crippen LogP contribution in [0.15, 0.2) is 60.7 Å². The molecule has 146 valence electrons. The lowest BCUT2D eigenvalue weighted by molar-refractivity contribution is 0.589. The normalized spacial score (nSPS) is 14.3. The zero-order chi connectivity index (χ0) is 19.6. The van der Waals surface area contributed by atoms with Gasteiger partial charge in [-0.2, -0.15) is 5.10 Å². The van der Waals surface area contributed by atoms with Crippen molar-refractivity contribution < 1.29 is 0 Å². The molecule has 0 amide bonds. The van der Waals surface area contributed by atoms with Crippen LogP contribution in [0.4, 0.5) is 17.3 Å². The van der Waals surface area contributed by atoms with E-state index in [-0.39, 0.29) is 0 Å². The van der Waals surface area contributed by atoms with E-state index in [9.17, 15) is 0 Å². The summed E-state index contributed by atoms with van der Waals surface area (Å²) in [4.78, 5) is 7.34. The van der Waals surface area contributed by atoms with Gasteiger partial charge in [-0.25, -0.2) is 4.98 Å². The summed E-state index contributed by atoms with van der Waals surface area (Å²) in [5.74, 6) is 1.60. The first-order valence-corrected chi connectivity index (χ1v) is 10.0. The number of aromatic amines is 1. The molecule has 0 atom stereocenters. The zero-order valence-corrected chi connectivity index (χ0v) is 16.4. The van der Waals surface area contributed by atoms with E-state index in [0.29, 0.717) is 0 Å². The van der Waals surface area contributed by atoms with Crippen LogP contribution < -0.4 is 15.5 Å². The maximum absolute atomic E-state index is 4.93. The highest BCUT2D eigenvalue weighted by molar-refractivity contribution is 5.91. The summed E-state index contributed by atoms with van der Waals surface area (Å²) < 4.78 is 0. The minimum absolute atomic E-state index is 0.793. The van der Waals surface area contributed by atoms with Gasteiger partial charge in [-0.1, -0.05) is 36.4 Å². The lowest BCUT2D eigenvalue weighted by Crippen LogP contribution is -2.43. The molecule has 0 unspecified atom stereocenters. The van der Waals surface area contributed by atoms with Gasteiger partial charge >= 0.3 is 0 Å². The van der Waals surface area contributed by atoms with Crippen molar-refractivity contribution in [2.75, 3.05) is 36.4 Å². The van der Waals surface area contributed by atoms with Gasteiger partial charge in [0.05, 0.1) is 11.2 Å². The molecule has 0 bridgehead atoms. The van der Waals surface area contributed by atoms with Crippen LogP contribution in [-0.2, 0) is 0 Å². The molecule has 2 aromatic carbocycles. The Morgan fingerprint density at radius 3 is 2.62 bits per heavy atom. The largest absolute Gasteiger partial charge is 0.369 e. The number of hydrogen-bond donors (Lipinski definition) is 3. The van der Waals surface area contributed by atoms with Crippen LogP contribution in [0, 0.1) is 6.92 Å². The van der Waals surface area contributed by atoms with Crippen molar-refractivity contribution in [3.05, 3.63) is 66.2 Å². The lowest BCUT2D eigenvalue weighted by Gasteiger charge is -2.30. The quantitative estimate of drug-likeness (QED) is 0.495. The van der Waals surface area contributed by atoms with E-state index in [1.165, 1.54) is 11.3 Å². The summed E-state index contributed by atoms with van der Waals surface area (Å²) in [5.41, 5.74) is 5.53. The van der Waals surface area contributed by atoms with E-state index in [1.807, 2.05) is 18.2 Å². The van der Waals surface area contributed by atoms with Crippen LogP contribution in [0.1, 0.15) is 5.56 Å². The van der Waals surface area contributed by atoms with Crippen LogP contribution >= 0.6 is 0 Å². The van der Waals surface area contributed by atoms with Gasteiger partial charge in [0.1, 0.15) is 5.82 Å². The molecule has 3 heterocycles. The number of H-pyrrole nitrogens is 1. The van der Waals surface area contributed by atoms with Crippen molar-refractivity contribution in [2.24, 2.45) is 0 Å². The Morgan fingerprint density at radius 1 is 0.966 bits per heavy atom. The fourth-order valence-corrected chi connectivity index (χ4v) is 3.86. The average Bonchev–Trinajstić information content (AvgIpc) is 3.17. The van der Waals surface area contributed by atoms with Crippen LogP contribution in [0.5, 0.6) is 0 Å². The molecule has 0 aliphatic carbocycles. The third-order valence-electron chi connectivity index (χ3n) is 5.43. The number of piperazine rings is 1. The van der Waals surface area contributed by atoms with E-state index in [4.69, 9.17) is 4.98 Å². The van der Waals surface area contributed by atoms with Gasteiger partial charge in [0.15, 0.2) is 5.82 Å². The standard InChI is InChI=1S/C23H24N6/c1-16-6-2-3-7-18(16)21-14-17(29-12-10-24-11-13-29)15-22(25-21)26-23-19-8-4-5-9-20(19)27-28-23/h2-9,14-15,24H,10-13H2,1H3,(H2,25,26,27,28). The second-order valence-corrected chi connectivity index (χ2v) is 7.39. The van der Waals surface area contributed by atoms with Gasteiger partial charge in [0, 0.05) is 48.9 Å². The summed E-state index contributed by atoms with van der Waals surface area (Å²) in [5, 5.41) is 15.5. The number of nitrogens with zero attached hydrogens (tertiary/aromatic N) is 3. The molecule has 1 aliphatic rings. The summed E-state index contributed by atoms with van der Waals surface area (Å²) in [6, 6.07) is 20.8. The van der Waals surface area contributed by atoms with Crippen molar-refractivity contribution in [1.82, 2.24) is 20.5 Å². The van der Waals surface area contributed by atoms with E-state index in [0.717, 1.165) is 60.0 Å². The van der Waals surface area contributed by atoms with Gasteiger partial charge in [-0.3, -0.25) is 5.10 Å². The fraction of sp³-hybridized carbons (Fsp3) is 0.217. The number of fused-ring (bicyclic) bond motifs is 1. The highest BCUT2D eigenvalue weighted by atomic mass is 15.2. The number of rotatable bonds is 4. The van der Waals surface area contributed by atoms with Crippen molar-refractivity contribution in [3.8, 4) is 11.3 Å². The average molecular weight is 384 g/mol.